The molecule has 0 aliphatic carbocycles. The van der Waals surface area contributed by atoms with E-state index in [1.165, 1.54) is 0 Å². The van der Waals surface area contributed by atoms with Gasteiger partial charge < -0.3 is 15.0 Å². The molecule has 3 rings (SSSR count). The Kier molecular flexibility index (Phi) is 5.30. The second-order valence-electron chi connectivity index (χ2n) is 6.97. The second-order valence-corrected chi connectivity index (χ2v) is 6.97. The summed E-state index contributed by atoms with van der Waals surface area (Å²) < 4.78 is 5.39. The number of hydrogen-bond donors (Lipinski definition) is 1. The topological polar surface area (TPSA) is 70.6 Å². The average molecular weight is 333 g/mol. The minimum absolute atomic E-state index is 0.0882. The van der Waals surface area contributed by atoms with Crippen LogP contribution in [-0.2, 0) is 9.53 Å². The average Bonchev–Trinajstić information content (AvgIpc) is 2.63. The van der Waals surface area contributed by atoms with Crippen molar-refractivity contribution in [2.75, 3.05) is 44.3 Å². The first kappa shape index (κ1) is 17.1. The highest BCUT2D eigenvalue weighted by Gasteiger charge is 2.37. The van der Waals surface area contributed by atoms with Crippen molar-refractivity contribution < 1.29 is 9.53 Å². The molecule has 1 aromatic heterocycles. The Bertz CT molecular complexity index is 545. The summed E-state index contributed by atoms with van der Waals surface area (Å²) in [6.45, 7) is 8.67. The van der Waals surface area contributed by atoms with Gasteiger partial charge in [0.05, 0.1) is 18.8 Å². The summed E-state index contributed by atoms with van der Waals surface area (Å²) in [4.78, 5) is 25.8. The van der Waals surface area contributed by atoms with Gasteiger partial charge in [0.2, 0.25) is 11.9 Å². The number of anilines is 1. The van der Waals surface area contributed by atoms with Crippen LogP contribution in [0.15, 0.2) is 18.5 Å². The van der Waals surface area contributed by atoms with Crippen molar-refractivity contribution in [2.24, 2.45) is 0 Å². The fourth-order valence-electron chi connectivity index (χ4n) is 3.36. The van der Waals surface area contributed by atoms with Crippen LogP contribution in [0.25, 0.3) is 0 Å². The van der Waals surface area contributed by atoms with Crippen molar-refractivity contribution in [3.05, 3.63) is 18.5 Å². The van der Waals surface area contributed by atoms with E-state index in [4.69, 9.17) is 4.74 Å². The van der Waals surface area contributed by atoms with E-state index in [9.17, 15) is 4.79 Å². The molecule has 2 fully saturated rings. The standard InChI is InChI=1S/C17H27N5O2/c1-17(2,22-9-11-24-12-10-22)15(23)20-14-5-3-8-21(13-14)16-18-6-4-7-19-16/h4,6-7,14H,3,5,8-13H2,1-2H3,(H,20,23). The number of morpholine rings is 1. The number of rotatable bonds is 4. The molecular weight excluding hydrogens is 306 g/mol. The van der Waals surface area contributed by atoms with Crippen LogP contribution in [0.1, 0.15) is 26.7 Å². The molecule has 0 spiro atoms. The number of nitrogens with zero attached hydrogens (tertiary/aromatic N) is 4. The minimum atomic E-state index is -0.519. The number of carbonyl (C=O) groups excluding carboxylic acids is 1. The zero-order valence-corrected chi connectivity index (χ0v) is 14.6. The van der Waals surface area contributed by atoms with E-state index in [1.54, 1.807) is 12.4 Å². The first-order valence-corrected chi connectivity index (χ1v) is 8.73. The molecule has 7 nitrogen and oxygen atoms in total. The molecule has 0 radical (unpaired) electrons. The Balaban J connectivity index is 1.59. The molecule has 3 heterocycles. The predicted molar refractivity (Wildman–Crippen MR) is 91.9 cm³/mol. The second kappa shape index (κ2) is 7.44. The van der Waals surface area contributed by atoms with E-state index in [0.29, 0.717) is 13.2 Å². The van der Waals surface area contributed by atoms with Crippen molar-refractivity contribution in [2.45, 2.75) is 38.3 Å². The van der Waals surface area contributed by atoms with E-state index in [-0.39, 0.29) is 11.9 Å². The normalized spacial score (nSPS) is 23.1. The molecule has 1 aromatic rings. The van der Waals surface area contributed by atoms with Crippen LogP contribution in [0.3, 0.4) is 0 Å². The minimum Gasteiger partial charge on any atom is -0.379 e. The molecule has 1 unspecified atom stereocenters. The maximum Gasteiger partial charge on any atom is 0.240 e. The van der Waals surface area contributed by atoms with Crippen molar-refractivity contribution in [1.29, 1.82) is 0 Å². The maximum absolute atomic E-state index is 12.8. The number of carbonyl (C=O) groups is 1. The predicted octanol–water partition coefficient (Wildman–Crippen LogP) is 0.672. The molecule has 24 heavy (non-hydrogen) atoms. The monoisotopic (exact) mass is 333 g/mol. The number of piperidine rings is 1. The molecule has 0 bridgehead atoms. The summed E-state index contributed by atoms with van der Waals surface area (Å²) in [5.74, 6) is 0.828. The van der Waals surface area contributed by atoms with Gasteiger partial charge in [-0.2, -0.15) is 0 Å². The van der Waals surface area contributed by atoms with Gasteiger partial charge in [0.25, 0.3) is 0 Å². The fraction of sp³-hybridized carbons (Fsp3) is 0.706. The largest absolute Gasteiger partial charge is 0.379 e. The van der Waals surface area contributed by atoms with E-state index in [0.717, 1.165) is 45.0 Å². The molecule has 2 saturated heterocycles. The smallest absolute Gasteiger partial charge is 0.240 e. The first-order chi connectivity index (χ1) is 11.6. The molecule has 1 N–H and O–H groups in total. The van der Waals surface area contributed by atoms with Gasteiger partial charge in [-0.05, 0) is 32.8 Å². The van der Waals surface area contributed by atoms with Gasteiger partial charge in [-0.25, -0.2) is 9.97 Å². The zero-order chi connectivity index (χ0) is 17.0. The van der Waals surface area contributed by atoms with Gasteiger partial charge in [0, 0.05) is 44.6 Å². The van der Waals surface area contributed by atoms with Crippen LogP contribution in [0.4, 0.5) is 5.95 Å². The van der Waals surface area contributed by atoms with Gasteiger partial charge >= 0.3 is 0 Å². The van der Waals surface area contributed by atoms with Gasteiger partial charge in [0.1, 0.15) is 0 Å². The van der Waals surface area contributed by atoms with Crippen LogP contribution in [-0.4, -0.2) is 71.7 Å². The molecule has 7 heteroatoms. The van der Waals surface area contributed by atoms with Gasteiger partial charge in [-0.15, -0.1) is 0 Å². The Hall–Kier alpha value is -1.73. The third-order valence-electron chi connectivity index (χ3n) is 4.95. The van der Waals surface area contributed by atoms with Crippen molar-refractivity contribution >= 4 is 11.9 Å². The molecule has 1 amide bonds. The van der Waals surface area contributed by atoms with Crippen molar-refractivity contribution in [3.8, 4) is 0 Å². The molecule has 2 aliphatic rings. The third-order valence-corrected chi connectivity index (χ3v) is 4.95. The summed E-state index contributed by atoms with van der Waals surface area (Å²) in [7, 11) is 0. The lowest BCUT2D eigenvalue weighted by molar-refractivity contribution is -0.135. The molecule has 0 saturated carbocycles. The summed E-state index contributed by atoms with van der Waals surface area (Å²) in [5.41, 5.74) is -0.519. The Labute approximate surface area is 143 Å². The number of aromatic nitrogens is 2. The van der Waals surface area contributed by atoms with Crippen LogP contribution in [0.2, 0.25) is 0 Å². The first-order valence-electron chi connectivity index (χ1n) is 8.73. The summed E-state index contributed by atoms with van der Waals surface area (Å²) in [6.07, 6.45) is 5.54. The number of hydrogen-bond acceptors (Lipinski definition) is 6. The third kappa shape index (κ3) is 3.84. The highest BCUT2D eigenvalue weighted by molar-refractivity contribution is 5.85. The van der Waals surface area contributed by atoms with Gasteiger partial charge in [0.15, 0.2) is 0 Å². The number of nitrogens with one attached hydrogen (secondary N) is 1. The quantitative estimate of drug-likeness (QED) is 0.873. The molecule has 0 aromatic carbocycles. The SMILES string of the molecule is CC(C)(C(=O)NC1CCCN(c2ncccn2)C1)N1CCOCC1. The number of ether oxygens (including phenoxy) is 1. The Morgan fingerprint density at radius 1 is 1.25 bits per heavy atom. The summed E-state index contributed by atoms with van der Waals surface area (Å²) in [5, 5.41) is 3.24. The lowest BCUT2D eigenvalue weighted by Crippen LogP contribution is -2.61. The van der Waals surface area contributed by atoms with E-state index in [2.05, 4.69) is 25.1 Å². The fourth-order valence-corrected chi connectivity index (χ4v) is 3.36. The van der Waals surface area contributed by atoms with Crippen LogP contribution >= 0.6 is 0 Å². The number of amides is 1. The van der Waals surface area contributed by atoms with E-state index >= 15 is 0 Å². The van der Waals surface area contributed by atoms with Crippen LogP contribution in [0, 0.1) is 0 Å². The van der Waals surface area contributed by atoms with Crippen molar-refractivity contribution in [3.63, 3.8) is 0 Å². The summed E-state index contributed by atoms with van der Waals surface area (Å²) >= 11 is 0. The summed E-state index contributed by atoms with van der Waals surface area (Å²) in [6, 6.07) is 1.95. The van der Waals surface area contributed by atoms with Crippen LogP contribution < -0.4 is 10.2 Å². The highest BCUT2D eigenvalue weighted by atomic mass is 16.5. The maximum atomic E-state index is 12.8. The molecular formula is C17H27N5O2. The van der Waals surface area contributed by atoms with E-state index in [1.807, 2.05) is 19.9 Å². The lowest BCUT2D eigenvalue weighted by Gasteiger charge is -2.41. The Morgan fingerprint density at radius 2 is 1.96 bits per heavy atom. The lowest BCUT2D eigenvalue weighted by atomic mass is 9.98. The molecule has 1 atom stereocenters. The van der Waals surface area contributed by atoms with Gasteiger partial charge in [-0.1, -0.05) is 0 Å². The van der Waals surface area contributed by atoms with E-state index < -0.39 is 5.54 Å². The highest BCUT2D eigenvalue weighted by Crippen LogP contribution is 2.19. The molecule has 132 valence electrons. The Morgan fingerprint density at radius 3 is 2.67 bits per heavy atom. The van der Waals surface area contributed by atoms with Gasteiger partial charge in [-0.3, -0.25) is 9.69 Å². The van der Waals surface area contributed by atoms with Crippen LogP contribution in [0.5, 0.6) is 0 Å². The molecule has 2 aliphatic heterocycles. The van der Waals surface area contributed by atoms with Crippen molar-refractivity contribution in [1.82, 2.24) is 20.2 Å². The zero-order valence-electron chi connectivity index (χ0n) is 14.6.